The third-order valence-electron chi connectivity index (χ3n) is 3.38. The lowest BCUT2D eigenvalue weighted by Crippen LogP contribution is -2.34. The highest BCUT2D eigenvalue weighted by molar-refractivity contribution is 7.89. The molecular weight excluding hydrogens is 288 g/mol. The number of aromatic nitrogens is 2. The molecule has 0 saturated carbocycles. The van der Waals surface area contributed by atoms with Crippen LogP contribution >= 0.6 is 0 Å². The number of sulfonamides is 1. The van der Waals surface area contributed by atoms with Gasteiger partial charge in [0, 0.05) is 25.8 Å². The van der Waals surface area contributed by atoms with Crippen LogP contribution < -0.4 is 5.32 Å². The monoisotopic (exact) mass is 310 g/mol. The summed E-state index contributed by atoms with van der Waals surface area (Å²) in [7, 11) is -2.02. The van der Waals surface area contributed by atoms with Gasteiger partial charge in [-0.25, -0.2) is 13.4 Å². The number of anilines is 1. The minimum atomic E-state index is -3.61. The van der Waals surface area contributed by atoms with Crippen molar-refractivity contribution in [3.05, 3.63) is 24.4 Å². The lowest BCUT2D eigenvalue weighted by molar-refractivity contribution is 0.408. The van der Waals surface area contributed by atoms with Crippen molar-refractivity contribution >= 4 is 21.5 Å². The summed E-state index contributed by atoms with van der Waals surface area (Å²) in [5.74, 6) is 0.413. The van der Waals surface area contributed by atoms with Gasteiger partial charge < -0.3 is 5.32 Å². The molecule has 116 valence electrons. The Kier molecular flexibility index (Phi) is 4.53. The SMILES string of the molecule is CCCNc1nc2ccccn2c1S(=O)(=O)N(C)C(C)C. The molecule has 0 spiro atoms. The van der Waals surface area contributed by atoms with Crippen LogP contribution in [0.1, 0.15) is 27.2 Å². The fourth-order valence-electron chi connectivity index (χ4n) is 1.99. The molecule has 0 aliphatic rings. The molecule has 0 aliphatic carbocycles. The van der Waals surface area contributed by atoms with Crippen LogP contribution in [0, 0.1) is 0 Å². The highest BCUT2D eigenvalue weighted by Crippen LogP contribution is 2.26. The summed E-state index contributed by atoms with van der Waals surface area (Å²) in [6, 6.07) is 5.32. The van der Waals surface area contributed by atoms with Crippen molar-refractivity contribution in [2.24, 2.45) is 0 Å². The Bertz CT molecular complexity index is 722. The minimum absolute atomic E-state index is 0.122. The van der Waals surface area contributed by atoms with Gasteiger partial charge in [-0.3, -0.25) is 4.40 Å². The van der Waals surface area contributed by atoms with E-state index in [1.807, 2.05) is 26.8 Å². The quantitative estimate of drug-likeness (QED) is 0.888. The van der Waals surface area contributed by atoms with E-state index in [9.17, 15) is 8.42 Å². The number of nitrogens with zero attached hydrogens (tertiary/aromatic N) is 3. The molecule has 0 atom stereocenters. The molecule has 0 aliphatic heterocycles. The predicted molar refractivity (Wildman–Crippen MR) is 84.1 cm³/mol. The first-order valence-electron chi connectivity index (χ1n) is 7.08. The molecule has 2 heterocycles. The van der Waals surface area contributed by atoms with Gasteiger partial charge in [0.25, 0.3) is 10.0 Å². The number of hydrogen-bond acceptors (Lipinski definition) is 4. The molecule has 1 N–H and O–H groups in total. The largest absolute Gasteiger partial charge is 0.368 e. The number of imidazole rings is 1. The van der Waals surface area contributed by atoms with Gasteiger partial charge >= 0.3 is 0 Å². The van der Waals surface area contributed by atoms with Crippen LogP contribution in [0.25, 0.3) is 5.65 Å². The molecule has 2 aromatic rings. The number of pyridine rings is 1. The van der Waals surface area contributed by atoms with E-state index in [1.165, 1.54) is 4.31 Å². The van der Waals surface area contributed by atoms with Crippen LogP contribution in [-0.4, -0.2) is 41.7 Å². The van der Waals surface area contributed by atoms with Crippen LogP contribution in [0.2, 0.25) is 0 Å². The molecule has 0 amide bonds. The first kappa shape index (κ1) is 15.8. The maximum absolute atomic E-state index is 12.9. The highest BCUT2D eigenvalue weighted by atomic mass is 32.2. The van der Waals surface area contributed by atoms with Crippen molar-refractivity contribution in [1.82, 2.24) is 13.7 Å². The Morgan fingerprint density at radius 1 is 1.38 bits per heavy atom. The Morgan fingerprint density at radius 3 is 2.71 bits per heavy atom. The van der Waals surface area contributed by atoms with Gasteiger partial charge in [-0.15, -0.1) is 0 Å². The van der Waals surface area contributed by atoms with E-state index in [0.29, 0.717) is 18.0 Å². The fourth-order valence-corrected chi connectivity index (χ4v) is 3.59. The van der Waals surface area contributed by atoms with Gasteiger partial charge in [0.15, 0.2) is 10.8 Å². The molecule has 21 heavy (non-hydrogen) atoms. The highest BCUT2D eigenvalue weighted by Gasteiger charge is 2.30. The van der Waals surface area contributed by atoms with Gasteiger partial charge in [-0.1, -0.05) is 13.0 Å². The van der Waals surface area contributed by atoms with E-state index < -0.39 is 10.0 Å². The lowest BCUT2D eigenvalue weighted by Gasteiger charge is -2.21. The molecule has 0 radical (unpaired) electrons. The van der Waals surface area contributed by atoms with E-state index in [-0.39, 0.29) is 11.1 Å². The number of rotatable bonds is 6. The predicted octanol–water partition coefficient (Wildman–Crippen LogP) is 2.19. The smallest absolute Gasteiger partial charge is 0.262 e. The van der Waals surface area contributed by atoms with Gasteiger partial charge in [0.05, 0.1) is 0 Å². The summed E-state index contributed by atoms with van der Waals surface area (Å²) in [5, 5.41) is 3.31. The summed E-state index contributed by atoms with van der Waals surface area (Å²) in [5.41, 5.74) is 0.617. The van der Waals surface area contributed by atoms with Crippen molar-refractivity contribution in [2.45, 2.75) is 38.3 Å². The van der Waals surface area contributed by atoms with Crippen molar-refractivity contribution in [1.29, 1.82) is 0 Å². The normalized spacial score (nSPS) is 12.5. The second-order valence-electron chi connectivity index (χ2n) is 5.24. The molecule has 7 heteroatoms. The Morgan fingerprint density at radius 2 is 2.10 bits per heavy atom. The van der Waals surface area contributed by atoms with Crippen molar-refractivity contribution in [2.75, 3.05) is 18.9 Å². The number of nitrogens with one attached hydrogen (secondary N) is 1. The molecule has 2 aromatic heterocycles. The van der Waals surface area contributed by atoms with E-state index >= 15 is 0 Å². The molecule has 0 bridgehead atoms. The summed E-state index contributed by atoms with van der Waals surface area (Å²) in [6.45, 7) is 6.40. The third kappa shape index (κ3) is 2.89. The van der Waals surface area contributed by atoms with Gasteiger partial charge in [0.1, 0.15) is 5.65 Å². The molecule has 2 rings (SSSR count). The second-order valence-corrected chi connectivity index (χ2v) is 7.15. The minimum Gasteiger partial charge on any atom is -0.368 e. The van der Waals surface area contributed by atoms with Crippen LogP contribution in [0.4, 0.5) is 5.82 Å². The standard InChI is InChI=1S/C14H22N4O2S/c1-5-9-15-13-14(21(19,20)17(4)11(2)3)18-10-7-6-8-12(18)16-13/h6-8,10-11,15H,5,9H2,1-4H3. The fraction of sp³-hybridized carbons (Fsp3) is 0.500. The topological polar surface area (TPSA) is 66.7 Å². The van der Waals surface area contributed by atoms with E-state index in [2.05, 4.69) is 10.3 Å². The number of fused-ring (bicyclic) bond motifs is 1. The van der Waals surface area contributed by atoms with Crippen molar-refractivity contribution in [3.63, 3.8) is 0 Å². The molecule has 0 fully saturated rings. The van der Waals surface area contributed by atoms with Gasteiger partial charge in [-0.05, 0) is 32.4 Å². The summed E-state index contributed by atoms with van der Waals surface area (Å²) in [4.78, 5) is 4.40. The zero-order chi connectivity index (χ0) is 15.6. The van der Waals surface area contributed by atoms with Crippen LogP contribution in [0.5, 0.6) is 0 Å². The van der Waals surface area contributed by atoms with Crippen LogP contribution in [0.15, 0.2) is 29.4 Å². The summed E-state index contributed by atoms with van der Waals surface area (Å²) in [6.07, 6.45) is 2.62. The average Bonchev–Trinajstić information content (AvgIpc) is 2.82. The first-order chi connectivity index (χ1) is 9.89. The molecule has 0 aromatic carbocycles. The first-order valence-corrected chi connectivity index (χ1v) is 8.52. The van der Waals surface area contributed by atoms with Crippen molar-refractivity contribution < 1.29 is 8.42 Å². The van der Waals surface area contributed by atoms with Crippen molar-refractivity contribution in [3.8, 4) is 0 Å². The van der Waals surface area contributed by atoms with Crippen LogP contribution in [-0.2, 0) is 10.0 Å². The zero-order valence-corrected chi connectivity index (χ0v) is 13.7. The maximum Gasteiger partial charge on any atom is 0.262 e. The lowest BCUT2D eigenvalue weighted by atomic mass is 10.4. The van der Waals surface area contributed by atoms with Gasteiger partial charge in [-0.2, -0.15) is 4.31 Å². The Balaban J connectivity index is 2.65. The maximum atomic E-state index is 12.9. The summed E-state index contributed by atoms with van der Waals surface area (Å²) >= 11 is 0. The average molecular weight is 310 g/mol. The number of hydrogen-bond donors (Lipinski definition) is 1. The van der Waals surface area contributed by atoms with E-state index in [4.69, 9.17) is 0 Å². The molecule has 0 saturated heterocycles. The Hall–Kier alpha value is -1.60. The zero-order valence-electron chi connectivity index (χ0n) is 12.9. The molecule has 6 nitrogen and oxygen atoms in total. The molecular formula is C14H22N4O2S. The summed E-state index contributed by atoms with van der Waals surface area (Å²) < 4.78 is 28.7. The van der Waals surface area contributed by atoms with E-state index in [0.717, 1.165) is 6.42 Å². The van der Waals surface area contributed by atoms with Gasteiger partial charge in [0.2, 0.25) is 0 Å². The Labute approximate surface area is 125 Å². The van der Waals surface area contributed by atoms with E-state index in [1.54, 1.807) is 29.8 Å². The second kappa shape index (κ2) is 6.03. The molecule has 0 unspecified atom stereocenters. The van der Waals surface area contributed by atoms with Crippen LogP contribution in [0.3, 0.4) is 0 Å². The third-order valence-corrected chi connectivity index (χ3v) is 5.44.